The molecule has 2 bridgehead atoms. The number of carbonyl (C=O) groups excluding carboxylic acids is 1. The second-order valence-electron chi connectivity index (χ2n) is 8.62. The number of aromatic nitrogens is 4. The number of amides is 1. The third-order valence-corrected chi connectivity index (χ3v) is 6.96. The van der Waals surface area contributed by atoms with Crippen molar-refractivity contribution in [1.82, 2.24) is 24.6 Å². The van der Waals surface area contributed by atoms with Crippen LogP contribution < -0.4 is 0 Å². The van der Waals surface area contributed by atoms with E-state index in [9.17, 15) is 4.79 Å². The van der Waals surface area contributed by atoms with E-state index in [1.807, 2.05) is 48.1 Å². The van der Waals surface area contributed by atoms with Crippen LogP contribution in [0.4, 0.5) is 0 Å². The highest BCUT2D eigenvalue weighted by Crippen LogP contribution is 2.45. The van der Waals surface area contributed by atoms with Crippen LogP contribution in [0.2, 0.25) is 5.02 Å². The van der Waals surface area contributed by atoms with E-state index in [4.69, 9.17) is 16.7 Å². The van der Waals surface area contributed by atoms with Crippen molar-refractivity contribution in [3.63, 3.8) is 0 Å². The van der Waals surface area contributed by atoms with Gasteiger partial charge in [-0.2, -0.15) is 5.10 Å². The molecule has 0 saturated carbocycles. The van der Waals surface area contributed by atoms with Gasteiger partial charge in [0.15, 0.2) is 0 Å². The molecule has 2 aromatic heterocycles. The van der Waals surface area contributed by atoms with E-state index in [1.165, 1.54) is 5.56 Å². The Morgan fingerprint density at radius 3 is 2.75 bits per heavy atom. The van der Waals surface area contributed by atoms with Crippen LogP contribution in [0.5, 0.6) is 0 Å². The lowest BCUT2D eigenvalue weighted by molar-refractivity contribution is 0.0392. The molecule has 4 aromatic rings. The maximum atomic E-state index is 13.7. The first kappa shape index (κ1) is 19.4. The van der Waals surface area contributed by atoms with Gasteiger partial charge in [-0.15, -0.1) is 0 Å². The van der Waals surface area contributed by atoms with Crippen molar-refractivity contribution in [3.8, 4) is 11.3 Å². The van der Waals surface area contributed by atoms with E-state index >= 15 is 0 Å². The molecule has 7 heteroatoms. The molecular formula is C25H22ClN5O. The number of hydrogen-bond acceptors (Lipinski definition) is 4. The molecule has 6 rings (SSSR count). The lowest BCUT2D eigenvalue weighted by atomic mass is 9.81. The fourth-order valence-electron chi connectivity index (χ4n) is 5.39. The Balaban J connectivity index is 1.42. The summed E-state index contributed by atoms with van der Waals surface area (Å²) in [5.41, 5.74) is 6.63. The summed E-state index contributed by atoms with van der Waals surface area (Å²) in [5.74, 6) is 0.0489. The van der Waals surface area contributed by atoms with Crippen molar-refractivity contribution in [2.24, 2.45) is 7.05 Å². The number of aryl methyl sites for hydroxylation is 1. The van der Waals surface area contributed by atoms with Crippen LogP contribution in [0.15, 0.2) is 54.9 Å². The van der Waals surface area contributed by atoms with Crippen molar-refractivity contribution in [2.75, 3.05) is 0 Å². The summed E-state index contributed by atoms with van der Waals surface area (Å²) in [6.07, 6.45) is 7.15. The Morgan fingerprint density at radius 2 is 1.91 bits per heavy atom. The molecule has 2 atom stereocenters. The molecule has 1 fully saturated rings. The minimum atomic E-state index is -0.0123. The molecule has 2 aliphatic rings. The second-order valence-corrected chi connectivity index (χ2v) is 9.06. The standard InChI is InChI=1S/C25H22ClN5O/c1-30-24(15-4-2-5-17(26)12-15)19-14-18-6-3-7-22(23(19)29-30)31(18)25(32)16-8-9-20-21(13-16)28-11-10-27-20/h2,4-5,8-13,18,22H,3,6-7,14H2,1H3/t18-,22+/m1/s1. The number of carbonyl (C=O) groups is 1. The van der Waals surface area contributed by atoms with E-state index in [0.717, 1.165) is 53.7 Å². The van der Waals surface area contributed by atoms with Crippen molar-refractivity contribution in [2.45, 2.75) is 37.8 Å². The van der Waals surface area contributed by atoms with Gasteiger partial charge in [-0.3, -0.25) is 19.4 Å². The first-order valence-electron chi connectivity index (χ1n) is 11.0. The van der Waals surface area contributed by atoms with Gasteiger partial charge in [-0.1, -0.05) is 23.7 Å². The van der Waals surface area contributed by atoms with Crippen molar-refractivity contribution in [1.29, 1.82) is 0 Å². The third kappa shape index (κ3) is 3.01. The zero-order chi connectivity index (χ0) is 21.8. The smallest absolute Gasteiger partial charge is 0.254 e. The van der Waals surface area contributed by atoms with Gasteiger partial charge in [0.05, 0.1) is 28.5 Å². The largest absolute Gasteiger partial charge is 0.327 e. The fraction of sp³-hybridized carbons (Fsp3) is 0.280. The summed E-state index contributed by atoms with van der Waals surface area (Å²) >= 11 is 6.27. The van der Waals surface area contributed by atoms with Gasteiger partial charge in [0, 0.05) is 47.2 Å². The fourth-order valence-corrected chi connectivity index (χ4v) is 5.58. The molecule has 6 nitrogen and oxygen atoms in total. The van der Waals surface area contributed by atoms with Gasteiger partial charge in [-0.05, 0) is 56.0 Å². The molecule has 0 unspecified atom stereocenters. The van der Waals surface area contributed by atoms with Crippen LogP contribution in [-0.4, -0.2) is 36.6 Å². The van der Waals surface area contributed by atoms with Gasteiger partial charge in [0.1, 0.15) is 0 Å². The predicted octanol–water partition coefficient (Wildman–Crippen LogP) is 4.98. The van der Waals surface area contributed by atoms with Crippen LogP contribution in [0.1, 0.15) is 46.9 Å². The summed E-state index contributed by atoms with van der Waals surface area (Å²) < 4.78 is 1.95. The molecule has 0 radical (unpaired) electrons. The van der Waals surface area contributed by atoms with Gasteiger partial charge >= 0.3 is 0 Å². The molecule has 160 valence electrons. The Labute approximate surface area is 190 Å². The molecule has 1 saturated heterocycles. The lowest BCUT2D eigenvalue weighted by Crippen LogP contribution is -2.49. The molecule has 32 heavy (non-hydrogen) atoms. The van der Waals surface area contributed by atoms with Crippen molar-refractivity contribution >= 4 is 28.5 Å². The van der Waals surface area contributed by atoms with Crippen LogP contribution in [0.25, 0.3) is 22.3 Å². The zero-order valence-electron chi connectivity index (χ0n) is 17.7. The van der Waals surface area contributed by atoms with E-state index in [-0.39, 0.29) is 18.0 Å². The highest BCUT2D eigenvalue weighted by Gasteiger charge is 2.43. The lowest BCUT2D eigenvalue weighted by Gasteiger charge is -2.45. The molecule has 0 spiro atoms. The molecule has 4 heterocycles. The summed E-state index contributed by atoms with van der Waals surface area (Å²) in [6, 6.07) is 13.7. The first-order chi connectivity index (χ1) is 15.6. The molecular weight excluding hydrogens is 422 g/mol. The maximum Gasteiger partial charge on any atom is 0.254 e. The van der Waals surface area contributed by atoms with E-state index in [1.54, 1.807) is 12.4 Å². The van der Waals surface area contributed by atoms with Crippen molar-refractivity contribution < 1.29 is 4.79 Å². The summed E-state index contributed by atoms with van der Waals surface area (Å²) in [7, 11) is 1.98. The number of benzene rings is 2. The monoisotopic (exact) mass is 443 g/mol. The number of piperidine rings is 1. The van der Waals surface area contributed by atoms with Crippen LogP contribution >= 0.6 is 11.6 Å². The average Bonchev–Trinajstić information content (AvgIpc) is 3.13. The number of fused-ring (bicyclic) bond motifs is 5. The van der Waals surface area contributed by atoms with Gasteiger partial charge in [0.25, 0.3) is 5.91 Å². The topological polar surface area (TPSA) is 63.9 Å². The highest BCUT2D eigenvalue weighted by atomic mass is 35.5. The van der Waals surface area contributed by atoms with Crippen LogP contribution in [-0.2, 0) is 13.5 Å². The van der Waals surface area contributed by atoms with E-state index in [2.05, 4.69) is 20.9 Å². The van der Waals surface area contributed by atoms with E-state index < -0.39 is 0 Å². The Hall–Kier alpha value is -3.25. The van der Waals surface area contributed by atoms with Gasteiger partial charge in [-0.25, -0.2) is 0 Å². The summed E-state index contributed by atoms with van der Waals surface area (Å²) in [6.45, 7) is 0. The number of hydrogen-bond donors (Lipinski definition) is 0. The SMILES string of the molecule is Cn1nc2c(c1-c1cccc(Cl)c1)C[C@H]1CCC[C@@H]2N1C(=O)c1ccc2nccnc2c1. The van der Waals surface area contributed by atoms with Crippen LogP contribution in [0.3, 0.4) is 0 Å². The van der Waals surface area contributed by atoms with Crippen molar-refractivity contribution in [3.05, 3.63) is 76.7 Å². The highest BCUT2D eigenvalue weighted by molar-refractivity contribution is 6.30. The average molecular weight is 444 g/mol. The Morgan fingerprint density at radius 1 is 1.06 bits per heavy atom. The summed E-state index contributed by atoms with van der Waals surface area (Å²) in [4.78, 5) is 24.5. The minimum absolute atomic E-state index is 0.0123. The zero-order valence-corrected chi connectivity index (χ0v) is 18.5. The Kier molecular flexibility index (Phi) is 4.50. The van der Waals surface area contributed by atoms with E-state index in [0.29, 0.717) is 10.6 Å². The van der Waals surface area contributed by atoms with Gasteiger partial charge in [0.2, 0.25) is 0 Å². The normalized spacial score (nSPS) is 19.8. The number of rotatable bonds is 2. The molecule has 0 aliphatic carbocycles. The Bertz CT molecular complexity index is 1360. The summed E-state index contributed by atoms with van der Waals surface area (Å²) in [5, 5.41) is 5.62. The molecule has 2 aliphatic heterocycles. The first-order valence-corrected chi connectivity index (χ1v) is 11.3. The minimum Gasteiger partial charge on any atom is -0.327 e. The molecule has 0 N–H and O–H groups in total. The second kappa shape index (κ2) is 7.41. The number of halogens is 1. The van der Waals surface area contributed by atoms with Gasteiger partial charge < -0.3 is 4.90 Å². The molecule has 1 amide bonds. The van der Waals surface area contributed by atoms with Crippen LogP contribution in [0, 0.1) is 0 Å². The quantitative estimate of drug-likeness (QED) is 0.438. The molecule has 2 aromatic carbocycles. The third-order valence-electron chi connectivity index (χ3n) is 6.72. The number of nitrogens with zero attached hydrogens (tertiary/aromatic N) is 5. The predicted molar refractivity (Wildman–Crippen MR) is 123 cm³/mol. The maximum absolute atomic E-state index is 13.7.